The highest BCUT2D eigenvalue weighted by molar-refractivity contribution is 5.81. The van der Waals surface area contributed by atoms with Gasteiger partial charge in [0.1, 0.15) is 11.5 Å². The first kappa shape index (κ1) is 13.6. The number of likely N-dealkylation sites (N-methyl/N-ethyl adjacent to an activating group) is 1. The van der Waals surface area contributed by atoms with Crippen molar-refractivity contribution in [1.29, 1.82) is 0 Å². The van der Waals surface area contributed by atoms with E-state index in [0.717, 1.165) is 30.5 Å². The van der Waals surface area contributed by atoms with Crippen LogP contribution in [0.15, 0.2) is 18.2 Å². The van der Waals surface area contributed by atoms with Gasteiger partial charge >= 0.3 is 0 Å². The van der Waals surface area contributed by atoms with Crippen LogP contribution < -0.4 is 0 Å². The Morgan fingerprint density at radius 2 is 1.77 bits per heavy atom. The number of aromatic hydroxyl groups is 2. The molecule has 1 heterocycles. The molecular formula is C19H21NO2. The number of fused-ring (bicyclic) bond motifs is 2. The van der Waals surface area contributed by atoms with E-state index in [-0.39, 0.29) is 0 Å². The normalized spacial score (nSPS) is 19.7. The summed E-state index contributed by atoms with van der Waals surface area (Å²) < 4.78 is 0. The molecule has 0 saturated carbocycles. The van der Waals surface area contributed by atoms with Gasteiger partial charge in [0.05, 0.1) is 0 Å². The Bertz CT molecular complexity index is 795. The molecule has 2 aromatic carbocycles. The van der Waals surface area contributed by atoms with Crippen LogP contribution in [0.3, 0.4) is 0 Å². The fraction of sp³-hybridized carbons (Fsp3) is 0.368. The van der Waals surface area contributed by atoms with Crippen molar-refractivity contribution >= 4 is 0 Å². The largest absolute Gasteiger partial charge is 0.508 e. The Morgan fingerprint density at radius 3 is 2.55 bits per heavy atom. The number of hydrogen-bond donors (Lipinski definition) is 2. The zero-order valence-corrected chi connectivity index (χ0v) is 13.3. The molecule has 114 valence electrons. The average Bonchev–Trinajstić information content (AvgIpc) is 2.48. The third-order valence-electron chi connectivity index (χ3n) is 5.39. The third-order valence-corrected chi connectivity index (χ3v) is 5.39. The SMILES string of the molecule is Cc1cc2c(cc1O)C[C@H]1c3c(cc(O)c(C)c3-2)CCN1C. The van der Waals surface area contributed by atoms with Crippen LogP contribution in [0.25, 0.3) is 11.1 Å². The summed E-state index contributed by atoms with van der Waals surface area (Å²) in [5.41, 5.74) is 8.01. The van der Waals surface area contributed by atoms with Gasteiger partial charge in [-0.15, -0.1) is 0 Å². The summed E-state index contributed by atoms with van der Waals surface area (Å²) in [6.45, 7) is 4.93. The monoisotopic (exact) mass is 295 g/mol. The van der Waals surface area contributed by atoms with E-state index < -0.39 is 0 Å². The van der Waals surface area contributed by atoms with Crippen molar-refractivity contribution in [2.45, 2.75) is 32.7 Å². The summed E-state index contributed by atoms with van der Waals surface area (Å²) in [4.78, 5) is 2.39. The molecule has 0 amide bonds. The Morgan fingerprint density at radius 1 is 1.05 bits per heavy atom. The predicted octanol–water partition coefficient (Wildman–Crippen LogP) is 3.47. The smallest absolute Gasteiger partial charge is 0.119 e. The standard InChI is InChI=1S/C19H21NO2/c1-10-6-14-13(9-16(10)21)7-15-19-12(4-5-20(15)3)8-17(22)11(2)18(14)19/h6,8-9,15,21-22H,4-5,7H2,1-3H3/t15-/m0/s1. The van der Waals surface area contributed by atoms with Crippen molar-refractivity contribution in [3.05, 3.63) is 46.0 Å². The van der Waals surface area contributed by atoms with Gasteiger partial charge in [-0.25, -0.2) is 0 Å². The first-order valence-corrected chi connectivity index (χ1v) is 7.85. The molecule has 1 aliphatic carbocycles. The minimum absolute atomic E-state index is 0.340. The van der Waals surface area contributed by atoms with Crippen molar-refractivity contribution in [3.8, 4) is 22.6 Å². The highest BCUT2D eigenvalue weighted by Gasteiger charge is 2.34. The molecule has 1 aliphatic heterocycles. The zero-order valence-electron chi connectivity index (χ0n) is 13.3. The number of phenols is 2. The molecule has 2 aromatic rings. The molecule has 4 rings (SSSR count). The number of nitrogens with zero attached hydrogens (tertiary/aromatic N) is 1. The second-order valence-electron chi connectivity index (χ2n) is 6.71. The summed E-state index contributed by atoms with van der Waals surface area (Å²) in [5.74, 6) is 0.745. The van der Waals surface area contributed by atoms with Gasteiger partial charge in [0.15, 0.2) is 0 Å². The quantitative estimate of drug-likeness (QED) is 0.782. The topological polar surface area (TPSA) is 43.7 Å². The highest BCUT2D eigenvalue weighted by Crippen LogP contribution is 2.49. The molecule has 3 nitrogen and oxygen atoms in total. The summed E-state index contributed by atoms with van der Waals surface area (Å²) in [5, 5.41) is 20.4. The molecule has 0 spiro atoms. The molecule has 2 aliphatic rings. The molecular weight excluding hydrogens is 274 g/mol. The lowest BCUT2D eigenvalue weighted by molar-refractivity contribution is 0.227. The minimum Gasteiger partial charge on any atom is -0.508 e. The summed E-state index contributed by atoms with van der Waals surface area (Å²) in [6.07, 6.45) is 1.90. The van der Waals surface area contributed by atoms with Gasteiger partial charge in [-0.2, -0.15) is 0 Å². The number of rotatable bonds is 0. The van der Waals surface area contributed by atoms with Gasteiger partial charge in [-0.1, -0.05) is 0 Å². The van der Waals surface area contributed by atoms with Crippen LogP contribution in [0.1, 0.15) is 33.9 Å². The Hall–Kier alpha value is -2.00. The molecule has 0 aromatic heterocycles. The molecule has 22 heavy (non-hydrogen) atoms. The van der Waals surface area contributed by atoms with Crippen molar-refractivity contribution in [2.24, 2.45) is 0 Å². The van der Waals surface area contributed by atoms with Crippen LogP contribution in [0.5, 0.6) is 11.5 Å². The van der Waals surface area contributed by atoms with E-state index in [9.17, 15) is 10.2 Å². The fourth-order valence-corrected chi connectivity index (χ4v) is 4.06. The van der Waals surface area contributed by atoms with Crippen LogP contribution >= 0.6 is 0 Å². The maximum Gasteiger partial charge on any atom is 0.119 e. The maximum atomic E-state index is 10.3. The van der Waals surface area contributed by atoms with Crippen LogP contribution in [-0.2, 0) is 12.8 Å². The van der Waals surface area contributed by atoms with Gasteiger partial charge in [0.2, 0.25) is 0 Å². The molecule has 0 fully saturated rings. The fourth-order valence-electron chi connectivity index (χ4n) is 4.06. The molecule has 0 saturated heterocycles. The van der Waals surface area contributed by atoms with Gasteiger partial charge in [0.25, 0.3) is 0 Å². The van der Waals surface area contributed by atoms with Crippen LogP contribution in [-0.4, -0.2) is 28.7 Å². The maximum absolute atomic E-state index is 10.3. The van der Waals surface area contributed by atoms with Crippen LogP contribution in [0.4, 0.5) is 0 Å². The number of benzene rings is 2. The van der Waals surface area contributed by atoms with E-state index in [1.807, 2.05) is 26.0 Å². The Labute approximate surface area is 130 Å². The second-order valence-corrected chi connectivity index (χ2v) is 6.71. The lowest BCUT2D eigenvalue weighted by atomic mass is 9.75. The first-order chi connectivity index (χ1) is 10.5. The van der Waals surface area contributed by atoms with Crippen molar-refractivity contribution in [2.75, 3.05) is 13.6 Å². The zero-order chi connectivity index (χ0) is 15.6. The summed E-state index contributed by atoms with van der Waals surface area (Å²) in [6, 6.07) is 6.26. The Balaban J connectivity index is 2.09. The van der Waals surface area contributed by atoms with E-state index in [1.165, 1.54) is 27.8 Å². The van der Waals surface area contributed by atoms with E-state index >= 15 is 0 Å². The minimum atomic E-state index is 0.340. The van der Waals surface area contributed by atoms with Gasteiger partial charge in [-0.3, -0.25) is 4.90 Å². The molecule has 0 bridgehead atoms. The van der Waals surface area contributed by atoms with E-state index in [4.69, 9.17) is 0 Å². The summed E-state index contributed by atoms with van der Waals surface area (Å²) >= 11 is 0. The van der Waals surface area contributed by atoms with E-state index in [0.29, 0.717) is 17.5 Å². The molecule has 0 unspecified atom stereocenters. The molecule has 2 N–H and O–H groups in total. The lowest BCUT2D eigenvalue weighted by Crippen LogP contribution is -2.35. The summed E-state index contributed by atoms with van der Waals surface area (Å²) in [7, 11) is 2.17. The van der Waals surface area contributed by atoms with Gasteiger partial charge in [-0.05, 0) is 90.9 Å². The van der Waals surface area contributed by atoms with Crippen molar-refractivity contribution in [3.63, 3.8) is 0 Å². The van der Waals surface area contributed by atoms with Crippen molar-refractivity contribution in [1.82, 2.24) is 4.90 Å². The molecule has 1 atom stereocenters. The number of aryl methyl sites for hydroxylation is 1. The second kappa shape index (κ2) is 4.50. The first-order valence-electron chi connectivity index (χ1n) is 7.85. The lowest BCUT2D eigenvalue weighted by Gasteiger charge is -2.40. The third kappa shape index (κ3) is 1.72. The van der Waals surface area contributed by atoms with Gasteiger partial charge in [0, 0.05) is 12.6 Å². The van der Waals surface area contributed by atoms with Crippen LogP contribution in [0, 0.1) is 13.8 Å². The van der Waals surface area contributed by atoms with Crippen molar-refractivity contribution < 1.29 is 10.2 Å². The van der Waals surface area contributed by atoms with E-state index in [1.54, 1.807) is 0 Å². The van der Waals surface area contributed by atoms with Gasteiger partial charge < -0.3 is 10.2 Å². The predicted molar refractivity (Wildman–Crippen MR) is 87.5 cm³/mol. The molecule has 0 radical (unpaired) electrons. The van der Waals surface area contributed by atoms with Crippen LogP contribution in [0.2, 0.25) is 0 Å². The number of hydrogen-bond acceptors (Lipinski definition) is 3. The highest BCUT2D eigenvalue weighted by atomic mass is 16.3. The van der Waals surface area contributed by atoms with E-state index in [2.05, 4.69) is 18.0 Å². The number of phenolic OH excluding ortho intramolecular Hbond substituents is 2. The molecule has 3 heteroatoms. The Kier molecular flexibility index (Phi) is 2.79. The average molecular weight is 295 g/mol.